The minimum Gasteiger partial charge on any atom is -0.463 e. The molecule has 0 amide bonds. The molecule has 1 saturated heterocycles. The number of hydrogen-bond acceptors (Lipinski definition) is 5. The van der Waals surface area contributed by atoms with Gasteiger partial charge < -0.3 is 14.9 Å². The van der Waals surface area contributed by atoms with Gasteiger partial charge >= 0.3 is 5.97 Å². The van der Waals surface area contributed by atoms with Crippen LogP contribution < -0.4 is 5.73 Å². The molecule has 1 aromatic rings. The third-order valence-corrected chi connectivity index (χ3v) is 3.03. The Morgan fingerprint density at radius 1 is 1.71 bits per heavy atom. The lowest BCUT2D eigenvalue weighted by Crippen LogP contribution is -2.26. The highest BCUT2D eigenvalue weighted by Gasteiger charge is 2.22. The Labute approximate surface area is 101 Å². The van der Waals surface area contributed by atoms with Crippen LogP contribution in [0.2, 0.25) is 0 Å². The Bertz CT molecular complexity index is 414. The molecule has 1 atom stereocenters. The fourth-order valence-corrected chi connectivity index (χ4v) is 2.15. The van der Waals surface area contributed by atoms with Crippen molar-refractivity contribution in [3.63, 3.8) is 0 Å². The van der Waals surface area contributed by atoms with Crippen molar-refractivity contribution in [2.24, 2.45) is 5.73 Å². The molecule has 1 aromatic heterocycles. The van der Waals surface area contributed by atoms with E-state index in [1.165, 1.54) is 7.11 Å². The Morgan fingerprint density at radius 3 is 3.06 bits per heavy atom. The molecule has 1 aliphatic heterocycles. The second kappa shape index (κ2) is 4.89. The van der Waals surface area contributed by atoms with E-state index < -0.39 is 5.97 Å². The predicted molar refractivity (Wildman–Crippen MR) is 62.7 cm³/mol. The molecular formula is C12H18N2O3. The van der Waals surface area contributed by atoms with Gasteiger partial charge in [0.2, 0.25) is 5.76 Å². The van der Waals surface area contributed by atoms with Crippen molar-refractivity contribution >= 4 is 5.97 Å². The molecule has 2 rings (SSSR count). The Kier molecular flexibility index (Phi) is 3.49. The first-order valence-electron chi connectivity index (χ1n) is 5.75. The van der Waals surface area contributed by atoms with E-state index >= 15 is 0 Å². The number of ether oxygens (including phenoxy) is 1. The molecule has 94 valence electrons. The predicted octanol–water partition coefficient (Wildman–Crippen LogP) is 0.908. The van der Waals surface area contributed by atoms with E-state index in [9.17, 15) is 4.79 Å². The van der Waals surface area contributed by atoms with E-state index in [2.05, 4.69) is 9.64 Å². The van der Waals surface area contributed by atoms with Gasteiger partial charge in [0.25, 0.3) is 0 Å². The number of carbonyl (C=O) groups is 1. The molecule has 5 heteroatoms. The fraction of sp³-hybridized carbons (Fsp3) is 0.583. The maximum atomic E-state index is 11.4. The number of rotatable bonds is 3. The summed E-state index contributed by atoms with van der Waals surface area (Å²) >= 11 is 0. The maximum absolute atomic E-state index is 11.4. The summed E-state index contributed by atoms with van der Waals surface area (Å²) in [6.07, 6.45) is 1.02. The zero-order valence-corrected chi connectivity index (χ0v) is 10.2. The molecule has 2 heterocycles. The summed E-state index contributed by atoms with van der Waals surface area (Å²) < 4.78 is 10.2. The summed E-state index contributed by atoms with van der Waals surface area (Å²) in [5.41, 5.74) is 6.65. The van der Waals surface area contributed by atoms with Gasteiger partial charge in [0.1, 0.15) is 5.76 Å². The van der Waals surface area contributed by atoms with Crippen LogP contribution in [0.1, 0.15) is 28.3 Å². The molecule has 1 fully saturated rings. The van der Waals surface area contributed by atoms with E-state index in [4.69, 9.17) is 10.2 Å². The zero-order chi connectivity index (χ0) is 12.4. The van der Waals surface area contributed by atoms with E-state index in [0.717, 1.165) is 30.8 Å². The lowest BCUT2D eigenvalue weighted by molar-refractivity contribution is 0.0560. The summed E-state index contributed by atoms with van der Waals surface area (Å²) in [7, 11) is 1.35. The molecule has 17 heavy (non-hydrogen) atoms. The van der Waals surface area contributed by atoms with Crippen LogP contribution in [0.15, 0.2) is 10.5 Å². The second-order valence-electron chi connectivity index (χ2n) is 4.50. The molecule has 0 unspecified atom stereocenters. The summed E-state index contributed by atoms with van der Waals surface area (Å²) in [5.74, 6) is 0.662. The van der Waals surface area contributed by atoms with Gasteiger partial charge in [-0.25, -0.2) is 4.79 Å². The third-order valence-electron chi connectivity index (χ3n) is 3.03. The molecular weight excluding hydrogens is 220 g/mol. The average molecular weight is 238 g/mol. The number of carbonyl (C=O) groups excluding carboxylic acids is 1. The van der Waals surface area contributed by atoms with Crippen LogP contribution in [-0.2, 0) is 11.3 Å². The highest BCUT2D eigenvalue weighted by Crippen LogP contribution is 2.19. The molecule has 0 saturated carbocycles. The lowest BCUT2D eigenvalue weighted by Gasteiger charge is -2.12. The van der Waals surface area contributed by atoms with Crippen LogP contribution in [0.3, 0.4) is 0 Å². The highest BCUT2D eigenvalue weighted by molar-refractivity contribution is 5.87. The van der Waals surface area contributed by atoms with E-state index in [0.29, 0.717) is 12.3 Å². The minimum absolute atomic E-state index is 0.256. The summed E-state index contributed by atoms with van der Waals surface area (Å²) in [4.78, 5) is 13.6. The first-order valence-corrected chi connectivity index (χ1v) is 5.75. The largest absolute Gasteiger partial charge is 0.463 e. The monoisotopic (exact) mass is 238 g/mol. The van der Waals surface area contributed by atoms with Crippen LogP contribution in [0.4, 0.5) is 0 Å². The van der Waals surface area contributed by atoms with Crippen molar-refractivity contribution in [2.45, 2.75) is 25.9 Å². The van der Waals surface area contributed by atoms with Crippen molar-refractivity contribution in [3.8, 4) is 0 Å². The topological polar surface area (TPSA) is 68.7 Å². The van der Waals surface area contributed by atoms with Gasteiger partial charge in [-0.1, -0.05) is 0 Å². The SMILES string of the molecule is COC(=O)c1oc(CN2CC[C@@H](N)C2)cc1C. The van der Waals surface area contributed by atoms with E-state index in [-0.39, 0.29) is 6.04 Å². The second-order valence-corrected chi connectivity index (χ2v) is 4.50. The van der Waals surface area contributed by atoms with Gasteiger partial charge in [0.15, 0.2) is 0 Å². The molecule has 5 nitrogen and oxygen atoms in total. The van der Waals surface area contributed by atoms with Crippen molar-refractivity contribution in [1.29, 1.82) is 0 Å². The van der Waals surface area contributed by atoms with Crippen molar-refractivity contribution in [2.75, 3.05) is 20.2 Å². The van der Waals surface area contributed by atoms with Gasteiger partial charge in [-0.2, -0.15) is 0 Å². The summed E-state index contributed by atoms with van der Waals surface area (Å²) in [6, 6.07) is 2.14. The smallest absolute Gasteiger partial charge is 0.374 e. The van der Waals surface area contributed by atoms with Gasteiger partial charge in [-0.15, -0.1) is 0 Å². The van der Waals surface area contributed by atoms with Crippen LogP contribution in [-0.4, -0.2) is 37.1 Å². The van der Waals surface area contributed by atoms with Gasteiger partial charge in [-0.05, 0) is 19.4 Å². The fourth-order valence-electron chi connectivity index (χ4n) is 2.15. The summed E-state index contributed by atoms with van der Waals surface area (Å²) in [6.45, 7) is 4.41. The van der Waals surface area contributed by atoms with E-state index in [1.54, 1.807) is 0 Å². The zero-order valence-electron chi connectivity index (χ0n) is 10.2. The van der Waals surface area contributed by atoms with Crippen LogP contribution >= 0.6 is 0 Å². The van der Waals surface area contributed by atoms with Crippen molar-refractivity contribution in [3.05, 3.63) is 23.2 Å². The molecule has 1 aliphatic rings. The number of nitrogens with zero attached hydrogens (tertiary/aromatic N) is 1. The van der Waals surface area contributed by atoms with E-state index in [1.807, 2.05) is 13.0 Å². The lowest BCUT2D eigenvalue weighted by atomic mass is 10.2. The van der Waals surface area contributed by atoms with Gasteiger partial charge in [0.05, 0.1) is 13.7 Å². The van der Waals surface area contributed by atoms with Crippen LogP contribution in [0.5, 0.6) is 0 Å². The number of furan rings is 1. The molecule has 2 N–H and O–H groups in total. The van der Waals surface area contributed by atoms with Crippen LogP contribution in [0.25, 0.3) is 0 Å². The number of aryl methyl sites for hydroxylation is 1. The van der Waals surface area contributed by atoms with Gasteiger partial charge in [0, 0.05) is 24.7 Å². The number of nitrogens with two attached hydrogens (primary N) is 1. The molecule has 0 aromatic carbocycles. The number of esters is 1. The molecule has 0 spiro atoms. The van der Waals surface area contributed by atoms with Gasteiger partial charge in [-0.3, -0.25) is 4.90 Å². The quantitative estimate of drug-likeness (QED) is 0.793. The Balaban J connectivity index is 2.05. The first kappa shape index (κ1) is 12.1. The summed E-state index contributed by atoms with van der Waals surface area (Å²) in [5, 5.41) is 0. The number of methoxy groups -OCH3 is 1. The number of hydrogen-bond donors (Lipinski definition) is 1. The standard InChI is InChI=1S/C12H18N2O3/c1-8-5-10(17-11(8)12(15)16-2)7-14-4-3-9(13)6-14/h5,9H,3-4,6-7,13H2,1-2H3/t9-/m1/s1. The highest BCUT2D eigenvalue weighted by atomic mass is 16.5. The van der Waals surface area contributed by atoms with Crippen molar-refractivity contribution < 1.29 is 13.9 Å². The molecule has 0 bridgehead atoms. The molecule has 0 aliphatic carbocycles. The maximum Gasteiger partial charge on any atom is 0.374 e. The normalized spacial score (nSPS) is 20.8. The third kappa shape index (κ3) is 2.68. The average Bonchev–Trinajstić information content (AvgIpc) is 2.85. The Morgan fingerprint density at radius 2 is 2.47 bits per heavy atom. The Hall–Kier alpha value is -1.33. The first-order chi connectivity index (χ1) is 8.10. The number of likely N-dealkylation sites (tertiary alicyclic amines) is 1. The molecule has 0 radical (unpaired) electrons. The van der Waals surface area contributed by atoms with Crippen LogP contribution in [0, 0.1) is 6.92 Å². The minimum atomic E-state index is -0.424. The van der Waals surface area contributed by atoms with Crippen molar-refractivity contribution in [1.82, 2.24) is 4.90 Å².